The monoisotopic (exact) mass is 1250 g/mol. The maximum atomic E-state index is 12.8. The summed E-state index contributed by atoms with van der Waals surface area (Å²) in [4.78, 5) is 37.7. The van der Waals surface area contributed by atoms with Crippen LogP contribution in [0, 0.1) is 0 Å². The maximum Gasteiger partial charge on any atom is 0.333 e. The van der Waals surface area contributed by atoms with Crippen LogP contribution >= 0.6 is 0 Å². The predicted octanol–water partition coefficient (Wildman–Crippen LogP) is 7.97. The van der Waals surface area contributed by atoms with E-state index in [1.165, 1.54) is 61.3 Å². The number of hydrogen-bond acceptors (Lipinski definition) is 15. The summed E-state index contributed by atoms with van der Waals surface area (Å²) in [5.41, 5.74) is 17.0. The number of nitrogens with zero attached hydrogens (tertiary/aromatic N) is 6. The molecule has 6 N–H and O–H groups in total. The number of sulfonamides is 3. The smallest absolute Gasteiger partial charge is 0.333 e. The zero-order valence-electron chi connectivity index (χ0n) is 49.1. The highest BCUT2D eigenvalue weighted by Crippen LogP contribution is 2.43. The van der Waals surface area contributed by atoms with E-state index in [0.717, 1.165) is 179 Å². The number of benzene rings is 3. The number of ether oxygens (including phenoxy) is 3. The van der Waals surface area contributed by atoms with E-state index in [2.05, 4.69) is 63.6 Å². The summed E-state index contributed by atoms with van der Waals surface area (Å²) in [6.45, 7) is 8.59. The fraction of sp³-hybridized carbons (Fsp3) is 0.500. The van der Waals surface area contributed by atoms with E-state index in [9.17, 15) is 39.6 Å². The highest BCUT2D eigenvalue weighted by atomic mass is 32.2. The van der Waals surface area contributed by atoms with Gasteiger partial charge in [0.25, 0.3) is 30.1 Å². The highest BCUT2D eigenvalue weighted by Gasteiger charge is 2.38. The standard InChI is InChI=1S/3C20H24N4O4S/c1-11-12(2)28-19-17(10-21-24(11)19)29(26,27)23-20(25)22-18-15-7-3-5-13(15)9-14-6-4-8-16(14)18;1-12-8-9-28-19-17(11-21-24(12)19)29(26,27)23-20(25)22-18-15-6-2-4-13(15)10-14-5-3-7-16(14)18;1-12-8-9-24-19(28-12)17(11-21-24)29(26,27)23-20(25)22-18-15-6-2-4-13(15)10-14-5-3-7-16(14)18/h9-12H,3-8H2,1-2H3,(H2,22,23,25);2*10-12H,2-9H2,1H3,(H2,22,23,25). The Hall–Kier alpha value is -7.65. The number of aryl methyl sites for hydroxylation is 7. The second-order valence-corrected chi connectivity index (χ2v) is 29.2. The minimum atomic E-state index is -4.11. The Morgan fingerprint density at radius 1 is 0.460 bits per heavy atom. The molecule has 0 saturated carbocycles. The molecule has 27 heteroatoms. The van der Waals surface area contributed by atoms with Gasteiger partial charge < -0.3 is 30.2 Å². The number of fused-ring (bicyclic) bond motifs is 9. The minimum Gasteiger partial charge on any atom is -0.477 e. The molecule has 3 aromatic carbocycles. The van der Waals surface area contributed by atoms with Crippen molar-refractivity contribution < 1.29 is 53.8 Å². The first-order valence-electron chi connectivity index (χ1n) is 30.4. The maximum absolute atomic E-state index is 12.8. The number of amides is 6. The van der Waals surface area contributed by atoms with Gasteiger partial charge in [-0.3, -0.25) is 0 Å². The lowest BCUT2D eigenvalue weighted by Crippen LogP contribution is -2.35. The van der Waals surface area contributed by atoms with Crippen molar-refractivity contribution >= 4 is 65.2 Å². The summed E-state index contributed by atoms with van der Waals surface area (Å²) >= 11 is 0. The van der Waals surface area contributed by atoms with E-state index in [-0.39, 0.29) is 56.6 Å². The summed E-state index contributed by atoms with van der Waals surface area (Å²) < 4.78 is 105. The van der Waals surface area contributed by atoms with Gasteiger partial charge in [0.1, 0.15) is 6.10 Å². The van der Waals surface area contributed by atoms with Crippen LogP contribution in [-0.4, -0.2) is 91.5 Å². The van der Waals surface area contributed by atoms with Crippen molar-refractivity contribution in [1.29, 1.82) is 0 Å². The van der Waals surface area contributed by atoms with Gasteiger partial charge in [-0.05, 0) is 210 Å². The molecule has 0 spiro atoms. The summed E-state index contributed by atoms with van der Waals surface area (Å²) in [7, 11) is -12.3. The quantitative estimate of drug-likeness (QED) is 0.0800. The number of rotatable bonds is 9. The third-order valence-electron chi connectivity index (χ3n) is 18.5. The number of urea groups is 3. The molecule has 24 nitrogen and oxygen atoms in total. The molecule has 9 aliphatic rings. The van der Waals surface area contributed by atoms with Gasteiger partial charge in [0, 0.05) is 36.4 Å². The number of nitrogens with one attached hydrogen (secondary N) is 6. The zero-order valence-corrected chi connectivity index (χ0v) is 51.6. The fourth-order valence-corrected chi connectivity index (χ4v) is 16.9. The number of aromatic nitrogens is 6. The Balaban J connectivity index is 0.000000121. The van der Waals surface area contributed by atoms with Gasteiger partial charge in [-0.15, -0.1) is 0 Å². The largest absolute Gasteiger partial charge is 0.477 e. The van der Waals surface area contributed by atoms with Crippen LogP contribution in [0.3, 0.4) is 0 Å². The predicted molar refractivity (Wildman–Crippen MR) is 321 cm³/mol. The molecule has 0 radical (unpaired) electrons. The lowest BCUT2D eigenvalue weighted by molar-refractivity contribution is 0.144. The summed E-state index contributed by atoms with van der Waals surface area (Å²) in [6, 6.07) is 4.53. The fourth-order valence-electron chi connectivity index (χ4n) is 14.0. The molecule has 4 atom stereocenters. The second kappa shape index (κ2) is 22.8. The van der Waals surface area contributed by atoms with Crippen LogP contribution in [0.2, 0.25) is 0 Å². The van der Waals surface area contributed by atoms with Gasteiger partial charge in [-0.2, -0.15) is 15.3 Å². The van der Waals surface area contributed by atoms with E-state index in [0.29, 0.717) is 13.2 Å². The van der Waals surface area contributed by atoms with E-state index < -0.39 is 48.2 Å². The van der Waals surface area contributed by atoms with Crippen molar-refractivity contribution in [3.05, 3.63) is 104 Å². The second-order valence-electron chi connectivity index (χ2n) is 24.2. The minimum absolute atomic E-state index is 0.0472. The molecule has 6 aliphatic carbocycles. The van der Waals surface area contributed by atoms with Crippen molar-refractivity contribution in [2.24, 2.45) is 0 Å². The van der Waals surface area contributed by atoms with E-state index >= 15 is 0 Å². The zero-order chi connectivity index (χ0) is 60.7. The van der Waals surface area contributed by atoms with Crippen LogP contribution < -0.4 is 44.3 Å². The van der Waals surface area contributed by atoms with Gasteiger partial charge in [0.15, 0.2) is 14.7 Å². The van der Waals surface area contributed by atoms with Crippen LogP contribution in [0.4, 0.5) is 31.4 Å². The Bertz CT molecular complexity index is 3940. The molecule has 3 aromatic heterocycles. The molecule has 462 valence electrons. The molecular weight excluding hydrogens is 1180 g/mol. The molecule has 4 unspecified atom stereocenters. The van der Waals surface area contributed by atoms with Crippen LogP contribution in [0.5, 0.6) is 17.6 Å². The van der Waals surface area contributed by atoms with E-state index in [1.54, 1.807) is 4.68 Å². The van der Waals surface area contributed by atoms with Crippen molar-refractivity contribution in [3.8, 4) is 17.6 Å². The third-order valence-corrected chi connectivity index (χ3v) is 22.4. The van der Waals surface area contributed by atoms with E-state index in [1.807, 2.05) is 27.7 Å². The first-order valence-corrected chi connectivity index (χ1v) is 34.8. The molecule has 6 heterocycles. The van der Waals surface area contributed by atoms with Crippen LogP contribution in [-0.2, 0) is 114 Å². The third kappa shape index (κ3) is 11.0. The summed E-state index contributed by atoms with van der Waals surface area (Å²) in [5.74, 6) is 0.544. The average molecular weight is 1250 g/mol. The number of hydrogen-bond donors (Lipinski definition) is 6. The lowest BCUT2D eigenvalue weighted by atomic mass is 9.99. The van der Waals surface area contributed by atoms with Crippen molar-refractivity contribution in [3.63, 3.8) is 0 Å². The van der Waals surface area contributed by atoms with Gasteiger partial charge in [-0.1, -0.05) is 18.2 Å². The highest BCUT2D eigenvalue weighted by molar-refractivity contribution is 7.90. The Morgan fingerprint density at radius 2 is 0.828 bits per heavy atom. The van der Waals surface area contributed by atoms with Crippen molar-refractivity contribution in [2.75, 3.05) is 22.6 Å². The molecule has 0 saturated heterocycles. The lowest BCUT2D eigenvalue weighted by Gasteiger charge is -2.22. The number of anilines is 3. The van der Waals surface area contributed by atoms with Crippen molar-refractivity contribution in [1.82, 2.24) is 43.5 Å². The summed E-state index contributed by atoms with van der Waals surface area (Å²) in [6.07, 6.45) is 22.8. The van der Waals surface area contributed by atoms with Gasteiger partial charge in [0.2, 0.25) is 17.6 Å². The molecular formula is C60H72N12O12S3. The molecule has 3 aliphatic heterocycles. The Kier molecular flexibility index (Phi) is 15.3. The number of carbonyl (C=O) groups excluding carboxylic acids is 3. The summed E-state index contributed by atoms with van der Waals surface area (Å²) in [5, 5.41) is 20.9. The van der Waals surface area contributed by atoms with Gasteiger partial charge >= 0.3 is 18.1 Å². The van der Waals surface area contributed by atoms with E-state index in [4.69, 9.17) is 14.2 Å². The molecule has 0 fully saturated rings. The molecule has 6 aromatic rings. The molecule has 87 heavy (non-hydrogen) atoms. The average Bonchev–Trinajstić information content (AvgIpc) is 1.85. The van der Waals surface area contributed by atoms with Crippen LogP contribution in [0.15, 0.2) is 51.5 Å². The Labute approximate surface area is 505 Å². The van der Waals surface area contributed by atoms with Gasteiger partial charge in [0.05, 0.1) is 43.4 Å². The molecule has 0 bridgehead atoms. The van der Waals surface area contributed by atoms with Crippen LogP contribution in [0.1, 0.15) is 158 Å². The van der Waals surface area contributed by atoms with Gasteiger partial charge in [-0.25, -0.2) is 67.8 Å². The molecule has 15 rings (SSSR count). The van der Waals surface area contributed by atoms with Crippen LogP contribution in [0.25, 0.3) is 0 Å². The molecule has 6 amide bonds. The SMILES string of the molecule is CC1CCOc2c(S(=O)(=O)NC(=O)Nc3c4c(cc5c3CCC5)CCC4)cnn21.CC1CCn2ncc(S(=O)(=O)NC(=O)Nc3c4c(cc5c3CCC5)CCC4)c2O1.CC1Oc2c(S(=O)(=O)NC(=O)Nc3c4c(cc5c3CCC5)CCC4)cnn2C1C. The Morgan fingerprint density at radius 3 is 1.24 bits per heavy atom. The topological polar surface area (TPSA) is 307 Å². The first kappa shape index (κ1) is 58.4. The first-order chi connectivity index (χ1) is 41.7. The normalized spacial score (nSPS) is 20.6. The number of carbonyl (C=O) groups is 3. The van der Waals surface area contributed by atoms with Crippen molar-refractivity contribution in [2.45, 2.75) is 202 Å².